The number of hydrogen-bond donors (Lipinski definition) is 1. The molecule has 0 fully saturated rings. The molecule has 4 rings (SSSR count). The number of aryl methyl sites for hydroxylation is 2. The first-order valence-corrected chi connectivity index (χ1v) is 10.7. The van der Waals surface area contributed by atoms with Crippen molar-refractivity contribution in [2.75, 3.05) is 11.9 Å². The van der Waals surface area contributed by atoms with Crippen molar-refractivity contribution in [3.8, 4) is 5.82 Å². The second-order valence-corrected chi connectivity index (χ2v) is 7.68. The van der Waals surface area contributed by atoms with Gasteiger partial charge in [0.25, 0.3) is 0 Å². The van der Waals surface area contributed by atoms with Gasteiger partial charge in [0.2, 0.25) is 5.91 Å². The molecule has 2 aromatic heterocycles. The van der Waals surface area contributed by atoms with Crippen LogP contribution in [0.1, 0.15) is 34.0 Å². The van der Waals surface area contributed by atoms with E-state index in [1.165, 1.54) is 29.1 Å². The van der Waals surface area contributed by atoms with E-state index in [1.54, 1.807) is 25.1 Å². The molecule has 0 spiro atoms. The molecule has 1 N–H and O–H groups in total. The van der Waals surface area contributed by atoms with E-state index in [0.29, 0.717) is 11.4 Å². The Balaban J connectivity index is 1.74. The van der Waals surface area contributed by atoms with Crippen molar-refractivity contribution in [3.05, 3.63) is 88.9 Å². The van der Waals surface area contributed by atoms with E-state index >= 15 is 0 Å². The van der Waals surface area contributed by atoms with Crippen LogP contribution < -0.4 is 5.32 Å². The lowest BCUT2D eigenvalue weighted by atomic mass is 10.1. The van der Waals surface area contributed by atoms with Gasteiger partial charge in [-0.15, -0.1) is 0 Å². The smallest absolute Gasteiger partial charge is 0.343 e. The number of carbonyl (C=O) groups is 2. The Morgan fingerprint density at radius 1 is 1.12 bits per heavy atom. The van der Waals surface area contributed by atoms with Gasteiger partial charge in [0.05, 0.1) is 18.3 Å². The molecule has 2 aromatic carbocycles. The summed E-state index contributed by atoms with van der Waals surface area (Å²) >= 11 is 0. The molecular weight excluding hydrogens is 435 g/mol. The first kappa shape index (κ1) is 22.8. The average Bonchev–Trinajstić information content (AvgIpc) is 3.23. The molecule has 172 valence electrons. The molecule has 34 heavy (non-hydrogen) atoms. The van der Waals surface area contributed by atoms with E-state index in [1.807, 2.05) is 38.1 Å². The summed E-state index contributed by atoms with van der Waals surface area (Å²) in [6, 6.07) is 13.5. The highest BCUT2D eigenvalue weighted by Gasteiger charge is 2.22. The van der Waals surface area contributed by atoms with Gasteiger partial charge in [-0.05, 0) is 61.7 Å². The molecule has 1 amide bonds. The number of rotatable bonds is 6. The number of hydrogen-bond acceptors (Lipinski definition) is 5. The average molecular weight is 458 g/mol. The lowest BCUT2D eigenvalue weighted by Gasteiger charge is -2.12. The number of benzene rings is 2. The highest BCUT2D eigenvalue weighted by molar-refractivity contribution is 6.05. The van der Waals surface area contributed by atoms with Crippen LogP contribution in [0.2, 0.25) is 0 Å². The van der Waals surface area contributed by atoms with E-state index < -0.39 is 11.9 Å². The molecule has 0 atom stereocenters. The Labute approximate surface area is 195 Å². The molecule has 0 aliphatic carbocycles. The maximum Gasteiger partial charge on any atom is 0.343 e. The monoisotopic (exact) mass is 458 g/mol. The zero-order valence-electron chi connectivity index (χ0n) is 19.0. The van der Waals surface area contributed by atoms with Crippen LogP contribution in [0.25, 0.3) is 22.8 Å². The van der Waals surface area contributed by atoms with Crippen molar-refractivity contribution in [3.63, 3.8) is 0 Å². The van der Waals surface area contributed by atoms with Gasteiger partial charge in [0.1, 0.15) is 11.4 Å². The standard InChI is InChI=1S/C26H23FN4O3/c1-4-34-26(33)21-15-28-31(22-14-17(3)20-7-5-6-16(2)24(20)29-22)25(21)30-23(32)13-10-18-8-11-19(27)12-9-18/h5-15H,4H2,1-3H3,(H,30,32)/b13-10+. The maximum atomic E-state index is 13.1. The van der Waals surface area contributed by atoms with Gasteiger partial charge in [0, 0.05) is 11.5 Å². The number of halogens is 1. The third kappa shape index (κ3) is 4.71. The van der Waals surface area contributed by atoms with Gasteiger partial charge >= 0.3 is 5.97 Å². The Bertz CT molecular complexity index is 1410. The molecular formula is C26H23FN4O3. The maximum absolute atomic E-state index is 13.1. The van der Waals surface area contributed by atoms with Crippen LogP contribution in [0, 0.1) is 19.7 Å². The van der Waals surface area contributed by atoms with Crippen LogP contribution in [-0.4, -0.2) is 33.2 Å². The van der Waals surface area contributed by atoms with Crippen LogP contribution in [0.4, 0.5) is 10.2 Å². The quantitative estimate of drug-likeness (QED) is 0.324. The van der Waals surface area contributed by atoms with Crippen LogP contribution in [0.15, 0.2) is 60.8 Å². The minimum absolute atomic E-state index is 0.106. The highest BCUT2D eigenvalue weighted by atomic mass is 19.1. The molecule has 0 aliphatic rings. The number of aromatic nitrogens is 3. The Morgan fingerprint density at radius 2 is 1.88 bits per heavy atom. The lowest BCUT2D eigenvalue weighted by molar-refractivity contribution is -0.111. The number of ether oxygens (including phenoxy) is 1. The summed E-state index contributed by atoms with van der Waals surface area (Å²) in [5, 5.41) is 8.05. The number of para-hydroxylation sites is 1. The van der Waals surface area contributed by atoms with Crippen molar-refractivity contribution < 1.29 is 18.7 Å². The van der Waals surface area contributed by atoms with Crippen LogP contribution >= 0.6 is 0 Å². The third-order valence-electron chi connectivity index (χ3n) is 5.25. The van der Waals surface area contributed by atoms with Gasteiger partial charge in [-0.1, -0.05) is 30.3 Å². The van der Waals surface area contributed by atoms with Gasteiger partial charge < -0.3 is 10.1 Å². The number of esters is 1. The van der Waals surface area contributed by atoms with Gasteiger partial charge in [-0.2, -0.15) is 9.78 Å². The number of anilines is 1. The molecule has 0 aliphatic heterocycles. The Kier molecular flexibility index (Phi) is 6.49. The van der Waals surface area contributed by atoms with Gasteiger partial charge in [-0.3, -0.25) is 4.79 Å². The van der Waals surface area contributed by atoms with E-state index in [9.17, 15) is 14.0 Å². The number of nitrogens with zero attached hydrogens (tertiary/aromatic N) is 3. The highest BCUT2D eigenvalue weighted by Crippen LogP contribution is 2.26. The molecule has 0 radical (unpaired) electrons. The normalized spacial score (nSPS) is 11.2. The number of fused-ring (bicyclic) bond motifs is 1. The number of carbonyl (C=O) groups excluding carboxylic acids is 2. The molecule has 4 aromatic rings. The zero-order valence-corrected chi connectivity index (χ0v) is 19.0. The van der Waals surface area contributed by atoms with E-state index in [0.717, 1.165) is 22.0 Å². The second-order valence-electron chi connectivity index (χ2n) is 7.68. The fourth-order valence-electron chi connectivity index (χ4n) is 3.56. The molecule has 2 heterocycles. The molecule has 0 unspecified atom stereocenters. The number of nitrogens with one attached hydrogen (secondary N) is 1. The van der Waals surface area contributed by atoms with Crippen molar-refractivity contribution in [2.45, 2.75) is 20.8 Å². The topological polar surface area (TPSA) is 86.1 Å². The van der Waals surface area contributed by atoms with E-state index in [4.69, 9.17) is 9.72 Å². The van der Waals surface area contributed by atoms with Crippen LogP contribution in [0.3, 0.4) is 0 Å². The lowest BCUT2D eigenvalue weighted by Crippen LogP contribution is -2.16. The van der Waals surface area contributed by atoms with Crippen LogP contribution in [0.5, 0.6) is 0 Å². The summed E-state index contributed by atoms with van der Waals surface area (Å²) in [7, 11) is 0. The summed E-state index contributed by atoms with van der Waals surface area (Å²) in [5.41, 5.74) is 3.53. The summed E-state index contributed by atoms with van der Waals surface area (Å²) in [4.78, 5) is 30.0. The predicted molar refractivity (Wildman–Crippen MR) is 128 cm³/mol. The summed E-state index contributed by atoms with van der Waals surface area (Å²) < 4.78 is 19.7. The number of pyridine rings is 1. The SMILES string of the molecule is CCOC(=O)c1cnn(-c2cc(C)c3cccc(C)c3n2)c1NC(=O)/C=C/c1ccc(F)cc1. The molecule has 8 heteroatoms. The summed E-state index contributed by atoms with van der Waals surface area (Å²) in [5.74, 6) is -0.872. The molecule has 7 nitrogen and oxygen atoms in total. The van der Waals surface area contributed by atoms with E-state index in [2.05, 4.69) is 10.4 Å². The van der Waals surface area contributed by atoms with Crippen molar-refractivity contribution >= 4 is 34.7 Å². The summed E-state index contributed by atoms with van der Waals surface area (Å²) in [6.45, 7) is 5.80. The molecule has 0 saturated heterocycles. The van der Waals surface area contributed by atoms with E-state index in [-0.39, 0.29) is 23.8 Å². The third-order valence-corrected chi connectivity index (χ3v) is 5.25. The van der Waals surface area contributed by atoms with Crippen molar-refractivity contribution in [1.82, 2.24) is 14.8 Å². The van der Waals surface area contributed by atoms with Crippen molar-refractivity contribution in [2.24, 2.45) is 0 Å². The first-order valence-electron chi connectivity index (χ1n) is 10.7. The fraction of sp³-hybridized carbons (Fsp3) is 0.154. The second kappa shape index (κ2) is 9.66. The molecule has 0 saturated carbocycles. The Hall–Kier alpha value is -4.33. The fourth-order valence-corrected chi connectivity index (χ4v) is 3.56. The Morgan fingerprint density at radius 3 is 2.62 bits per heavy atom. The minimum atomic E-state index is -0.611. The zero-order chi connectivity index (χ0) is 24.2. The van der Waals surface area contributed by atoms with Gasteiger partial charge in [0.15, 0.2) is 11.6 Å². The minimum Gasteiger partial charge on any atom is -0.462 e. The molecule has 0 bridgehead atoms. The summed E-state index contributed by atoms with van der Waals surface area (Å²) in [6.07, 6.45) is 4.18. The largest absolute Gasteiger partial charge is 0.462 e. The number of amides is 1. The van der Waals surface area contributed by atoms with Crippen molar-refractivity contribution in [1.29, 1.82) is 0 Å². The first-order chi connectivity index (χ1) is 16.4. The predicted octanol–water partition coefficient (Wildman–Crippen LogP) is 5.01. The van der Waals surface area contributed by atoms with Crippen LogP contribution in [-0.2, 0) is 9.53 Å². The van der Waals surface area contributed by atoms with Gasteiger partial charge in [-0.25, -0.2) is 14.2 Å².